The van der Waals surface area contributed by atoms with E-state index in [1.807, 2.05) is 18.2 Å². The Balaban J connectivity index is 1.48. The highest BCUT2D eigenvalue weighted by Gasteiger charge is 2.36. The third-order valence-electron chi connectivity index (χ3n) is 6.44. The second kappa shape index (κ2) is 10.3. The van der Waals surface area contributed by atoms with Crippen molar-refractivity contribution in [2.45, 2.75) is 59.5 Å². The molecule has 0 aliphatic carbocycles. The molecule has 6 nitrogen and oxygen atoms in total. The van der Waals surface area contributed by atoms with Gasteiger partial charge in [-0.2, -0.15) is 0 Å². The largest absolute Gasteiger partial charge is 0.493 e. The summed E-state index contributed by atoms with van der Waals surface area (Å²) < 4.78 is 19.6. The van der Waals surface area contributed by atoms with Gasteiger partial charge in [0.25, 0.3) is 11.1 Å². The van der Waals surface area contributed by atoms with Crippen molar-refractivity contribution in [1.82, 2.24) is 5.32 Å². The first-order valence-corrected chi connectivity index (χ1v) is 13.3. The average molecular weight is 561 g/mol. The Kier molecular flexibility index (Phi) is 7.52. The van der Waals surface area contributed by atoms with E-state index in [-0.39, 0.29) is 11.1 Å². The minimum absolute atomic E-state index is 0.354. The Morgan fingerprint density at radius 2 is 1.94 bits per heavy atom. The quantitative estimate of drug-likeness (QED) is 0.383. The van der Waals surface area contributed by atoms with E-state index in [1.165, 1.54) is 11.1 Å². The summed E-state index contributed by atoms with van der Waals surface area (Å²) in [5, 5.41) is 1.91. The molecule has 35 heavy (non-hydrogen) atoms. The molecule has 2 aliphatic heterocycles. The van der Waals surface area contributed by atoms with E-state index >= 15 is 0 Å². The molecule has 1 saturated heterocycles. The number of carbonyl (C=O) groups is 2. The minimum Gasteiger partial charge on any atom is -0.493 e. The first-order valence-electron chi connectivity index (χ1n) is 11.7. The molecule has 8 heteroatoms. The number of amides is 2. The zero-order valence-corrected chi connectivity index (χ0v) is 23.1. The van der Waals surface area contributed by atoms with E-state index in [4.69, 9.17) is 14.2 Å². The highest BCUT2D eigenvalue weighted by molar-refractivity contribution is 9.10. The Bertz CT molecular complexity index is 1220. The monoisotopic (exact) mass is 559 g/mol. The molecule has 1 unspecified atom stereocenters. The molecule has 0 spiro atoms. The van der Waals surface area contributed by atoms with Gasteiger partial charge in [-0.15, -0.1) is 0 Å². The lowest BCUT2D eigenvalue weighted by atomic mass is 9.87. The molecule has 2 aliphatic rings. The lowest BCUT2D eigenvalue weighted by molar-refractivity contribution is -0.115. The molecule has 0 radical (unpaired) electrons. The number of fused-ring (bicyclic) bond motifs is 1. The van der Waals surface area contributed by atoms with Crippen LogP contribution in [-0.4, -0.2) is 30.0 Å². The van der Waals surface area contributed by atoms with Gasteiger partial charge in [0, 0.05) is 5.56 Å². The van der Waals surface area contributed by atoms with Gasteiger partial charge < -0.3 is 14.2 Å². The van der Waals surface area contributed by atoms with Crippen LogP contribution in [0.1, 0.15) is 54.5 Å². The lowest BCUT2D eigenvalue weighted by Gasteiger charge is -2.38. The van der Waals surface area contributed by atoms with Crippen molar-refractivity contribution in [2.24, 2.45) is 0 Å². The molecule has 1 N–H and O–H groups in total. The van der Waals surface area contributed by atoms with Crippen LogP contribution in [0.3, 0.4) is 0 Å². The van der Waals surface area contributed by atoms with E-state index in [1.54, 1.807) is 6.08 Å². The van der Waals surface area contributed by atoms with Crippen molar-refractivity contribution in [1.29, 1.82) is 0 Å². The first-order chi connectivity index (χ1) is 16.6. The third-order valence-corrected chi connectivity index (χ3v) is 7.87. The summed E-state index contributed by atoms with van der Waals surface area (Å²) in [4.78, 5) is 23.5. The SMILES string of the molecule is CCCOc1c(C)c(C)c2c(c1C)CCC(C)(COc1ccc(/C=C3/SC(=O)NC3=O)cc1Br)O2. The van der Waals surface area contributed by atoms with Gasteiger partial charge in [0.15, 0.2) is 0 Å². The topological polar surface area (TPSA) is 73.9 Å². The Morgan fingerprint density at radius 1 is 1.17 bits per heavy atom. The molecule has 2 aromatic carbocycles. The van der Waals surface area contributed by atoms with Crippen molar-refractivity contribution >= 4 is 44.9 Å². The van der Waals surface area contributed by atoms with Crippen LogP contribution < -0.4 is 19.5 Å². The van der Waals surface area contributed by atoms with Gasteiger partial charge in [0.1, 0.15) is 29.5 Å². The number of benzene rings is 2. The van der Waals surface area contributed by atoms with E-state index in [9.17, 15) is 9.59 Å². The van der Waals surface area contributed by atoms with E-state index in [0.29, 0.717) is 23.9 Å². The number of hydrogen-bond acceptors (Lipinski definition) is 6. The van der Waals surface area contributed by atoms with Crippen LogP contribution in [0.4, 0.5) is 4.79 Å². The predicted octanol–water partition coefficient (Wildman–Crippen LogP) is 6.65. The number of imide groups is 1. The average Bonchev–Trinajstić information content (AvgIpc) is 3.13. The molecule has 0 saturated carbocycles. The minimum atomic E-state index is -0.471. The summed E-state index contributed by atoms with van der Waals surface area (Å²) >= 11 is 4.47. The van der Waals surface area contributed by atoms with Crippen LogP contribution in [0.5, 0.6) is 17.2 Å². The van der Waals surface area contributed by atoms with Gasteiger partial charge in [-0.25, -0.2) is 0 Å². The molecule has 1 atom stereocenters. The molecule has 2 heterocycles. The molecule has 0 aromatic heterocycles. The second-order valence-corrected chi connectivity index (χ2v) is 11.1. The van der Waals surface area contributed by atoms with Gasteiger partial charge in [-0.3, -0.25) is 14.9 Å². The summed E-state index contributed by atoms with van der Waals surface area (Å²) in [6, 6.07) is 5.58. The van der Waals surface area contributed by atoms with Crippen molar-refractivity contribution in [2.75, 3.05) is 13.2 Å². The first kappa shape index (κ1) is 25.6. The van der Waals surface area contributed by atoms with Gasteiger partial charge in [0.05, 0.1) is 16.0 Å². The highest BCUT2D eigenvalue weighted by Crippen LogP contribution is 2.44. The van der Waals surface area contributed by atoms with E-state index in [0.717, 1.165) is 63.7 Å². The fourth-order valence-corrected chi connectivity index (χ4v) is 5.52. The third kappa shape index (κ3) is 5.38. The normalized spacial score (nSPS) is 20.5. The number of nitrogens with one attached hydrogen (secondary N) is 1. The molecule has 0 bridgehead atoms. The lowest BCUT2D eigenvalue weighted by Crippen LogP contribution is -2.42. The van der Waals surface area contributed by atoms with Crippen molar-refractivity contribution in [3.63, 3.8) is 0 Å². The standard InChI is InChI=1S/C27H30BrNO5S/c1-6-11-32-23-15(2)16(3)24-19(17(23)4)9-10-27(5,34-24)14-33-21-8-7-18(12-20(21)28)13-22-25(30)29-26(31)35-22/h7-8,12-13H,6,9-11,14H2,1-5H3,(H,29,30,31)/b22-13+. The fourth-order valence-electron chi connectivity index (χ4n) is 4.33. The van der Waals surface area contributed by atoms with Crippen LogP contribution in [0, 0.1) is 20.8 Å². The van der Waals surface area contributed by atoms with Crippen LogP contribution >= 0.6 is 27.7 Å². The van der Waals surface area contributed by atoms with Crippen molar-refractivity contribution in [3.8, 4) is 17.2 Å². The maximum Gasteiger partial charge on any atom is 0.290 e. The maximum atomic E-state index is 11.8. The number of carbonyl (C=O) groups excluding carboxylic acids is 2. The summed E-state index contributed by atoms with van der Waals surface area (Å²) in [6.45, 7) is 11.6. The van der Waals surface area contributed by atoms with Gasteiger partial charge in [-0.1, -0.05) is 13.0 Å². The number of rotatable bonds is 7. The predicted molar refractivity (Wildman–Crippen MR) is 143 cm³/mol. The number of thioether (sulfide) groups is 1. The number of halogens is 1. The summed E-state index contributed by atoms with van der Waals surface area (Å²) in [5.74, 6) is 2.26. The highest BCUT2D eigenvalue weighted by atomic mass is 79.9. The number of hydrogen-bond donors (Lipinski definition) is 1. The summed E-state index contributed by atoms with van der Waals surface area (Å²) in [6.07, 6.45) is 4.40. The van der Waals surface area contributed by atoms with Gasteiger partial charge in [0.2, 0.25) is 0 Å². The molecule has 1 fully saturated rings. The number of ether oxygens (including phenoxy) is 3. The Hall–Kier alpha value is -2.45. The molecular formula is C27H30BrNO5S. The molecule has 186 valence electrons. The van der Waals surface area contributed by atoms with E-state index < -0.39 is 5.60 Å². The van der Waals surface area contributed by atoms with Gasteiger partial charge >= 0.3 is 0 Å². The molecule has 4 rings (SSSR count). The van der Waals surface area contributed by atoms with Gasteiger partial charge in [-0.05, 0) is 115 Å². The molecule has 2 aromatic rings. The van der Waals surface area contributed by atoms with Crippen LogP contribution in [0.2, 0.25) is 0 Å². The second-order valence-electron chi connectivity index (χ2n) is 9.24. The summed E-state index contributed by atoms with van der Waals surface area (Å²) in [7, 11) is 0. The molecule has 2 amide bonds. The smallest absolute Gasteiger partial charge is 0.290 e. The Labute approximate surface area is 218 Å². The Morgan fingerprint density at radius 3 is 2.60 bits per heavy atom. The molecular weight excluding hydrogens is 530 g/mol. The van der Waals surface area contributed by atoms with Crippen LogP contribution in [0.25, 0.3) is 6.08 Å². The van der Waals surface area contributed by atoms with E-state index in [2.05, 4.69) is 55.9 Å². The fraction of sp³-hybridized carbons (Fsp3) is 0.407. The maximum absolute atomic E-state index is 11.8. The summed E-state index contributed by atoms with van der Waals surface area (Å²) in [5.41, 5.74) is 4.97. The van der Waals surface area contributed by atoms with Crippen molar-refractivity contribution in [3.05, 3.63) is 55.4 Å². The van der Waals surface area contributed by atoms with Crippen LogP contribution in [-0.2, 0) is 11.2 Å². The zero-order chi connectivity index (χ0) is 25.3. The van der Waals surface area contributed by atoms with Crippen LogP contribution in [0.15, 0.2) is 27.6 Å². The zero-order valence-electron chi connectivity index (χ0n) is 20.7. The van der Waals surface area contributed by atoms with Crippen molar-refractivity contribution < 1.29 is 23.8 Å².